The minimum absolute atomic E-state index is 0.00421. The maximum atomic E-state index is 12.5. The second-order valence-electron chi connectivity index (χ2n) is 5.97. The van der Waals surface area contributed by atoms with Crippen LogP contribution in [-0.4, -0.2) is 33.6 Å². The van der Waals surface area contributed by atoms with Gasteiger partial charge in [0.15, 0.2) is 0 Å². The first-order valence-electron chi connectivity index (χ1n) is 8.11. The Bertz CT molecular complexity index is 1320. The lowest BCUT2D eigenvalue weighted by atomic mass is 10.0. The summed E-state index contributed by atoms with van der Waals surface area (Å²) >= 11 is 0.823. The Hall–Kier alpha value is -2.85. The van der Waals surface area contributed by atoms with Crippen molar-refractivity contribution in [1.29, 1.82) is 0 Å². The smallest absolute Gasteiger partial charge is 0.283 e. The molecule has 4 rings (SSSR count). The van der Waals surface area contributed by atoms with E-state index < -0.39 is 15.4 Å². The van der Waals surface area contributed by atoms with Crippen LogP contribution in [0.2, 0.25) is 0 Å². The standard InChI is InChI=1S/C17H15N5O3S2/c1-3-27(24,25)17-21-26-16-20-15(23)12(14(18)22(16)17)8-11-9(2)19-13-7-5-4-6-10(11)13/h4-8H,3,18H2,1-2H3/b11-8-. The van der Waals surface area contributed by atoms with Gasteiger partial charge in [0.1, 0.15) is 5.82 Å². The monoisotopic (exact) mass is 401 g/mol. The molecule has 3 heterocycles. The van der Waals surface area contributed by atoms with Crippen molar-refractivity contribution in [3.8, 4) is 0 Å². The van der Waals surface area contributed by atoms with Gasteiger partial charge in [-0.3, -0.25) is 9.79 Å². The molecule has 1 aromatic carbocycles. The van der Waals surface area contributed by atoms with E-state index in [2.05, 4.69) is 14.3 Å². The lowest BCUT2D eigenvalue weighted by Gasteiger charge is -2.07. The summed E-state index contributed by atoms with van der Waals surface area (Å²) < 4.78 is 29.8. The Balaban J connectivity index is 2.00. The fraction of sp³-hybridized carbons (Fsp3) is 0.176. The topological polar surface area (TPSA) is 120 Å². The Morgan fingerprint density at radius 2 is 2.04 bits per heavy atom. The van der Waals surface area contributed by atoms with Crippen LogP contribution in [0.1, 0.15) is 25.0 Å². The van der Waals surface area contributed by atoms with Crippen LogP contribution in [0.3, 0.4) is 0 Å². The van der Waals surface area contributed by atoms with Crippen LogP contribution in [-0.2, 0) is 9.84 Å². The highest BCUT2D eigenvalue weighted by molar-refractivity contribution is 7.91. The lowest BCUT2D eigenvalue weighted by molar-refractivity contribution is 0.588. The highest BCUT2D eigenvalue weighted by Crippen LogP contribution is 2.36. The van der Waals surface area contributed by atoms with Gasteiger partial charge in [0.2, 0.25) is 20.0 Å². The molecule has 8 nitrogen and oxygen atoms in total. The van der Waals surface area contributed by atoms with Crippen molar-refractivity contribution in [2.24, 2.45) is 4.99 Å². The molecule has 0 aliphatic carbocycles. The van der Waals surface area contributed by atoms with E-state index in [1.807, 2.05) is 31.2 Å². The summed E-state index contributed by atoms with van der Waals surface area (Å²) in [4.78, 5) is 21.1. The van der Waals surface area contributed by atoms with E-state index in [0.717, 1.165) is 34.1 Å². The Morgan fingerprint density at radius 1 is 1.30 bits per heavy atom. The van der Waals surface area contributed by atoms with E-state index in [4.69, 9.17) is 5.73 Å². The summed E-state index contributed by atoms with van der Waals surface area (Å²) in [7, 11) is -3.62. The molecule has 0 saturated carbocycles. The highest BCUT2D eigenvalue weighted by Gasteiger charge is 2.24. The van der Waals surface area contributed by atoms with Crippen molar-refractivity contribution < 1.29 is 8.42 Å². The second-order valence-corrected chi connectivity index (χ2v) is 8.88. The van der Waals surface area contributed by atoms with Crippen LogP contribution in [0.4, 0.5) is 11.5 Å². The number of hydrogen-bond donors (Lipinski definition) is 1. The summed E-state index contributed by atoms with van der Waals surface area (Å²) in [5.74, 6) is -0.136. The largest absolute Gasteiger partial charge is 0.384 e. The van der Waals surface area contributed by atoms with Crippen LogP contribution >= 0.6 is 11.5 Å². The number of nitrogens with two attached hydrogens (primary N) is 1. The maximum Gasteiger partial charge on any atom is 0.283 e. The number of rotatable bonds is 3. The average molecular weight is 401 g/mol. The van der Waals surface area contributed by atoms with E-state index in [0.29, 0.717) is 0 Å². The van der Waals surface area contributed by atoms with Crippen LogP contribution in [0, 0.1) is 0 Å². The van der Waals surface area contributed by atoms with Crippen molar-refractivity contribution >= 4 is 55.2 Å². The molecule has 138 valence electrons. The number of fused-ring (bicyclic) bond motifs is 2. The molecular formula is C17H15N5O3S2. The summed E-state index contributed by atoms with van der Waals surface area (Å²) in [5, 5.41) is -0.202. The minimum atomic E-state index is -3.62. The van der Waals surface area contributed by atoms with E-state index in [-0.39, 0.29) is 27.3 Å². The van der Waals surface area contributed by atoms with Crippen LogP contribution in [0.15, 0.2) is 39.2 Å². The fourth-order valence-electron chi connectivity index (χ4n) is 2.92. The molecule has 0 bridgehead atoms. The molecule has 0 unspecified atom stereocenters. The van der Waals surface area contributed by atoms with Gasteiger partial charge in [0, 0.05) is 28.4 Å². The quantitative estimate of drug-likeness (QED) is 0.718. The zero-order chi connectivity index (χ0) is 19.3. The van der Waals surface area contributed by atoms with Gasteiger partial charge in [0.05, 0.1) is 17.0 Å². The molecule has 0 atom stereocenters. The Kier molecular flexibility index (Phi) is 3.97. The van der Waals surface area contributed by atoms with Gasteiger partial charge < -0.3 is 5.73 Å². The van der Waals surface area contributed by atoms with E-state index in [9.17, 15) is 13.2 Å². The molecule has 0 spiro atoms. The predicted octanol–water partition coefficient (Wildman–Crippen LogP) is 2.17. The number of sulfone groups is 1. The van der Waals surface area contributed by atoms with Gasteiger partial charge in [-0.2, -0.15) is 9.36 Å². The van der Waals surface area contributed by atoms with Gasteiger partial charge in [-0.05, 0) is 19.1 Å². The molecule has 0 radical (unpaired) electrons. The van der Waals surface area contributed by atoms with Crippen LogP contribution in [0.25, 0.3) is 16.6 Å². The third kappa shape index (κ3) is 2.68. The number of allylic oxidation sites excluding steroid dienone is 1. The number of para-hydroxylation sites is 1. The fourth-order valence-corrected chi connectivity index (χ4v) is 4.90. The van der Waals surface area contributed by atoms with Gasteiger partial charge in [-0.25, -0.2) is 12.8 Å². The third-order valence-electron chi connectivity index (χ3n) is 4.35. The van der Waals surface area contributed by atoms with E-state index >= 15 is 0 Å². The Labute approximate surface area is 158 Å². The molecule has 10 heteroatoms. The summed E-state index contributed by atoms with van der Waals surface area (Å²) in [5.41, 5.74) is 8.95. The summed E-state index contributed by atoms with van der Waals surface area (Å²) in [6, 6.07) is 7.55. The van der Waals surface area contributed by atoms with Crippen molar-refractivity contribution in [2.75, 3.05) is 11.5 Å². The molecule has 3 aromatic rings. The normalized spacial score (nSPS) is 15.3. The van der Waals surface area contributed by atoms with Crippen molar-refractivity contribution in [3.05, 3.63) is 45.7 Å². The first kappa shape index (κ1) is 17.6. The molecule has 1 aliphatic rings. The average Bonchev–Trinajstić information content (AvgIpc) is 3.20. The van der Waals surface area contributed by atoms with Crippen molar-refractivity contribution in [1.82, 2.24) is 13.8 Å². The molecule has 2 aromatic heterocycles. The first-order chi connectivity index (χ1) is 12.8. The van der Waals surface area contributed by atoms with Crippen molar-refractivity contribution in [3.63, 3.8) is 0 Å². The second kappa shape index (κ2) is 6.10. The van der Waals surface area contributed by atoms with Gasteiger partial charge in [-0.1, -0.05) is 25.1 Å². The van der Waals surface area contributed by atoms with Gasteiger partial charge >= 0.3 is 0 Å². The van der Waals surface area contributed by atoms with Crippen LogP contribution in [0.5, 0.6) is 0 Å². The number of aromatic nitrogens is 3. The zero-order valence-corrected chi connectivity index (χ0v) is 16.1. The van der Waals surface area contributed by atoms with Crippen LogP contribution < -0.4 is 11.3 Å². The molecule has 27 heavy (non-hydrogen) atoms. The zero-order valence-electron chi connectivity index (χ0n) is 14.5. The number of benzene rings is 1. The van der Waals surface area contributed by atoms with Gasteiger partial charge in [-0.15, -0.1) is 0 Å². The molecule has 0 amide bonds. The molecule has 1 aliphatic heterocycles. The van der Waals surface area contributed by atoms with Crippen molar-refractivity contribution in [2.45, 2.75) is 19.0 Å². The number of anilines is 1. The third-order valence-corrected chi connectivity index (χ3v) is 6.76. The predicted molar refractivity (Wildman–Crippen MR) is 106 cm³/mol. The number of hydrogen-bond acceptors (Lipinski definition) is 8. The number of nitrogens with zero attached hydrogens (tertiary/aromatic N) is 4. The summed E-state index contributed by atoms with van der Waals surface area (Å²) in [6.45, 7) is 3.36. The summed E-state index contributed by atoms with van der Waals surface area (Å²) in [6.07, 6.45) is 1.61. The molecule has 2 N–H and O–H groups in total. The van der Waals surface area contributed by atoms with E-state index in [1.54, 1.807) is 6.08 Å². The Morgan fingerprint density at radius 3 is 2.78 bits per heavy atom. The first-order valence-corrected chi connectivity index (χ1v) is 10.5. The SMILES string of the molecule is CCS(=O)(=O)c1nsc2nc(=O)c(/C=C3/C(C)=Nc4ccccc43)c(N)n12. The molecule has 0 saturated heterocycles. The number of aliphatic imine (C=N–C) groups is 1. The maximum absolute atomic E-state index is 12.5. The highest BCUT2D eigenvalue weighted by atomic mass is 32.2. The molecular weight excluding hydrogens is 386 g/mol. The minimum Gasteiger partial charge on any atom is -0.384 e. The van der Waals surface area contributed by atoms with E-state index in [1.165, 1.54) is 11.3 Å². The number of nitrogen functional groups attached to an aromatic ring is 1. The van der Waals surface area contributed by atoms with Gasteiger partial charge in [0.25, 0.3) is 5.56 Å². The molecule has 0 fully saturated rings. The lowest BCUT2D eigenvalue weighted by Crippen LogP contribution is -2.19.